The van der Waals surface area contributed by atoms with Gasteiger partial charge in [-0.15, -0.1) is 0 Å². The van der Waals surface area contributed by atoms with Crippen molar-refractivity contribution in [1.82, 2.24) is 0 Å². The Hall–Kier alpha value is -1.42. The van der Waals surface area contributed by atoms with Crippen LogP contribution in [0.15, 0.2) is 23.8 Å². The Morgan fingerprint density at radius 1 is 1.26 bits per heavy atom. The standard InChI is InChI=1S/C23H32O4/c1-13(21(26)27-4)17-7-8-18-16-6-5-14-11-15(24)9-10-22(14,2)19(16)12-20(25)23(17,18)3/h9-11,13,16-20,25H,5-8,12H2,1-4H3/t13?,16-,17+,18-,19-,20?,22-,23+/m0/s1. The summed E-state index contributed by atoms with van der Waals surface area (Å²) >= 11 is 0. The molecule has 3 fully saturated rings. The zero-order chi connectivity index (χ0) is 19.6. The van der Waals surface area contributed by atoms with Gasteiger partial charge in [-0.05, 0) is 67.9 Å². The molecule has 1 N–H and O–H groups in total. The van der Waals surface area contributed by atoms with Gasteiger partial charge in [-0.3, -0.25) is 9.59 Å². The Balaban J connectivity index is 1.68. The third-order valence-electron chi connectivity index (χ3n) is 8.91. The predicted octanol–water partition coefficient (Wildman–Crippen LogP) is 3.69. The Morgan fingerprint density at radius 3 is 2.70 bits per heavy atom. The molecule has 0 aromatic rings. The van der Waals surface area contributed by atoms with Crippen molar-refractivity contribution in [3.63, 3.8) is 0 Å². The second kappa shape index (κ2) is 6.30. The highest BCUT2D eigenvalue weighted by Crippen LogP contribution is 2.66. The van der Waals surface area contributed by atoms with Crippen molar-refractivity contribution in [3.8, 4) is 0 Å². The summed E-state index contributed by atoms with van der Waals surface area (Å²) in [5.41, 5.74) is 0.885. The molecule has 4 heteroatoms. The number of ketones is 1. The molecule has 4 rings (SSSR count). The molecule has 2 unspecified atom stereocenters. The van der Waals surface area contributed by atoms with Crippen molar-refractivity contribution >= 4 is 11.8 Å². The summed E-state index contributed by atoms with van der Waals surface area (Å²) in [4.78, 5) is 24.1. The number of hydrogen-bond acceptors (Lipinski definition) is 4. The van der Waals surface area contributed by atoms with E-state index in [9.17, 15) is 14.7 Å². The molecular weight excluding hydrogens is 340 g/mol. The molecule has 4 aliphatic rings. The largest absolute Gasteiger partial charge is 0.469 e. The summed E-state index contributed by atoms with van der Waals surface area (Å²) in [5, 5.41) is 11.3. The first-order valence-electron chi connectivity index (χ1n) is 10.4. The van der Waals surface area contributed by atoms with Crippen molar-refractivity contribution < 1.29 is 19.4 Å². The van der Waals surface area contributed by atoms with E-state index in [0.29, 0.717) is 17.8 Å². The van der Waals surface area contributed by atoms with E-state index in [-0.39, 0.29) is 34.4 Å². The van der Waals surface area contributed by atoms with Crippen LogP contribution in [0, 0.1) is 40.4 Å². The van der Waals surface area contributed by atoms with E-state index in [1.807, 2.05) is 13.0 Å². The van der Waals surface area contributed by atoms with Gasteiger partial charge in [0, 0.05) is 10.8 Å². The molecule has 0 amide bonds. The van der Waals surface area contributed by atoms with Crippen molar-refractivity contribution in [2.75, 3.05) is 7.11 Å². The Bertz CT molecular complexity index is 722. The van der Waals surface area contributed by atoms with Gasteiger partial charge in [-0.25, -0.2) is 0 Å². The lowest BCUT2D eigenvalue weighted by Crippen LogP contribution is -2.56. The number of carbonyl (C=O) groups excluding carboxylic acids is 2. The first kappa shape index (κ1) is 18.9. The number of hydrogen-bond donors (Lipinski definition) is 1. The Labute approximate surface area is 162 Å². The summed E-state index contributed by atoms with van der Waals surface area (Å²) in [6, 6.07) is 0. The van der Waals surface area contributed by atoms with Gasteiger partial charge in [0.15, 0.2) is 5.78 Å². The highest BCUT2D eigenvalue weighted by atomic mass is 16.5. The van der Waals surface area contributed by atoms with E-state index in [1.165, 1.54) is 12.7 Å². The number of rotatable bonds is 2. The van der Waals surface area contributed by atoms with E-state index in [2.05, 4.69) is 19.9 Å². The van der Waals surface area contributed by atoms with Crippen molar-refractivity contribution in [2.45, 2.75) is 59.0 Å². The number of allylic oxidation sites excluding steroid dienone is 4. The van der Waals surface area contributed by atoms with Crippen LogP contribution in [0.4, 0.5) is 0 Å². The molecule has 0 radical (unpaired) electrons. The topological polar surface area (TPSA) is 63.6 Å². The van der Waals surface area contributed by atoms with E-state index in [1.54, 1.807) is 6.08 Å². The zero-order valence-electron chi connectivity index (χ0n) is 16.9. The van der Waals surface area contributed by atoms with Gasteiger partial charge in [0.25, 0.3) is 0 Å². The second-order valence-electron chi connectivity index (χ2n) is 9.72. The van der Waals surface area contributed by atoms with E-state index in [4.69, 9.17) is 4.74 Å². The molecular formula is C23H32O4. The number of methoxy groups -OCH3 is 1. The summed E-state index contributed by atoms with van der Waals surface area (Å²) in [6.45, 7) is 6.42. The van der Waals surface area contributed by atoms with E-state index in [0.717, 1.165) is 32.1 Å². The first-order valence-corrected chi connectivity index (χ1v) is 10.4. The van der Waals surface area contributed by atoms with Gasteiger partial charge in [0.2, 0.25) is 0 Å². The van der Waals surface area contributed by atoms with Crippen LogP contribution in [-0.4, -0.2) is 30.1 Å². The second-order valence-corrected chi connectivity index (χ2v) is 9.72. The van der Waals surface area contributed by atoms with Gasteiger partial charge in [0.05, 0.1) is 19.1 Å². The lowest BCUT2D eigenvalue weighted by atomic mass is 9.46. The highest BCUT2D eigenvalue weighted by molar-refractivity contribution is 6.01. The molecule has 27 heavy (non-hydrogen) atoms. The van der Waals surface area contributed by atoms with Crippen LogP contribution in [0.3, 0.4) is 0 Å². The summed E-state index contributed by atoms with van der Waals surface area (Å²) in [6.07, 6.45) is 10.0. The van der Waals surface area contributed by atoms with Crippen LogP contribution in [0.5, 0.6) is 0 Å². The number of carbonyl (C=O) groups is 2. The van der Waals surface area contributed by atoms with E-state index < -0.39 is 6.10 Å². The molecule has 0 aromatic heterocycles. The average molecular weight is 373 g/mol. The fourth-order valence-electron chi connectivity index (χ4n) is 7.37. The van der Waals surface area contributed by atoms with Crippen LogP contribution < -0.4 is 0 Å². The van der Waals surface area contributed by atoms with Crippen LogP contribution in [-0.2, 0) is 14.3 Å². The molecule has 3 saturated carbocycles. The summed E-state index contributed by atoms with van der Waals surface area (Å²) in [5.74, 6) is 1.24. The molecule has 4 aliphatic carbocycles. The molecule has 0 saturated heterocycles. The number of fused-ring (bicyclic) bond motifs is 5. The van der Waals surface area contributed by atoms with Gasteiger partial charge >= 0.3 is 5.97 Å². The van der Waals surface area contributed by atoms with Crippen molar-refractivity contribution in [1.29, 1.82) is 0 Å². The highest BCUT2D eigenvalue weighted by Gasteiger charge is 2.63. The van der Waals surface area contributed by atoms with Crippen LogP contribution >= 0.6 is 0 Å². The predicted molar refractivity (Wildman–Crippen MR) is 103 cm³/mol. The minimum atomic E-state index is -0.425. The van der Waals surface area contributed by atoms with Crippen molar-refractivity contribution in [2.24, 2.45) is 40.4 Å². The normalized spacial score (nSPS) is 46.8. The monoisotopic (exact) mass is 372 g/mol. The molecule has 4 nitrogen and oxygen atoms in total. The quantitative estimate of drug-likeness (QED) is 0.751. The molecule has 148 valence electrons. The minimum absolute atomic E-state index is 0.0926. The number of esters is 1. The zero-order valence-corrected chi connectivity index (χ0v) is 16.9. The van der Waals surface area contributed by atoms with E-state index >= 15 is 0 Å². The molecule has 0 bridgehead atoms. The van der Waals surface area contributed by atoms with Gasteiger partial charge in [0.1, 0.15) is 0 Å². The molecule has 8 atom stereocenters. The van der Waals surface area contributed by atoms with Crippen LogP contribution in [0.25, 0.3) is 0 Å². The number of ether oxygens (including phenoxy) is 1. The van der Waals surface area contributed by atoms with Crippen molar-refractivity contribution in [3.05, 3.63) is 23.8 Å². The number of aliphatic hydroxyl groups excluding tert-OH is 1. The fourth-order valence-corrected chi connectivity index (χ4v) is 7.37. The maximum atomic E-state index is 12.2. The van der Waals surface area contributed by atoms with Crippen LogP contribution in [0.1, 0.15) is 52.9 Å². The molecule has 0 aliphatic heterocycles. The lowest BCUT2D eigenvalue weighted by molar-refractivity contribution is -0.158. The number of aliphatic hydroxyl groups is 1. The lowest BCUT2D eigenvalue weighted by Gasteiger charge is -2.59. The third kappa shape index (κ3) is 2.52. The smallest absolute Gasteiger partial charge is 0.308 e. The van der Waals surface area contributed by atoms with Gasteiger partial charge in [-0.2, -0.15) is 0 Å². The third-order valence-corrected chi connectivity index (χ3v) is 8.91. The SMILES string of the molecule is COC(=O)C(C)[C@H]1CC[C@H]2[C@@H]3CCC4=CC(=O)C=C[C@]4(C)[C@H]3CC(O)[C@]12C. The maximum Gasteiger partial charge on any atom is 0.308 e. The minimum Gasteiger partial charge on any atom is -0.469 e. The summed E-state index contributed by atoms with van der Waals surface area (Å²) < 4.78 is 5.02. The Kier molecular flexibility index (Phi) is 4.41. The Morgan fingerprint density at radius 2 is 2.00 bits per heavy atom. The fraction of sp³-hybridized carbons (Fsp3) is 0.739. The van der Waals surface area contributed by atoms with Gasteiger partial charge in [-0.1, -0.05) is 32.4 Å². The van der Waals surface area contributed by atoms with Crippen LogP contribution in [0.2, 0.25) is 0 Å². The first-order chi connectivity index (χ1) is 12.7. The molecule has 0 spiro atoms. The molecule has 0 heterocycles. The summed E-state index contributed by atoms with van der Waals surface area (Å²) in [7, 11) is 1.45. The molecule has 0 aromatic carbocycles. The maximum absolute atomic E-state index is 12.2. The average Bonchev–Trinajstić information content (AvgIpc) is 3.01. The van der Waals surface area contributed by atoms with Gasteiger partial charge < -0.3 is 9.84 Å².